The summed E-state index contributed by atoms with van der Waals surface area (Å²) in [5.41, 5.74) is 5.18. The Morgan fingerprint density at radius 1 is 1.28 bits per heavy atom. The van der Waals surface area contributed by atoms with E-state index in [0.717, 1.165) is 6.42 Å². The van der Waals surface area contributed by atoms with Gasteiger partial charge in [-0.05, 0) is 48.7 Å². The smallest absolute Gasteiger partial charge is 0.0592 e. The number of nitrogens with zero attached hydrogens (tertiary/aromatic N) is 1. The first-order valence-electron chi connectivity index (χ1n) is 6.43. The SMILES string of the molecule is CCc1cccc(C(NC)c2cnccc2C)c1. The summed E-state index contributed by atoms with van der Waals surface area (Å²) in [4.78, 5) is 4.24. The zero-order valence-corrected chi connectivity index (χ0v) is 11.3. The topological polar surface area (TPSA) is 24.9 Å². The summed E-state index contributed by atoms with van der Waals surface area (Å²) in [6.07, 6.45) is 4.86. The predicted octanol–water partition coefficient (Wildman–Crippen LogP) is 3.26. The van der Waals surface area contributed by atoms with Crippen LogP contribution in [0.5, 0.6) is 0 Å². The van der Waals surface area contributed by atoms with Gasteiger partial charge in [0.05, 0.1) is 6.04 Å². The second-order valence-corrected chi connectivity index (χ2v) is 4.55. The van der Waals surface area contributed by atoms with Gasteiger partial charge in [-0.15, -0.1) is 0 Å². The molecular formula is C16H20N2. The van der Waals surface area contributed by atoms with Crippen LogP contribution in [0.2, 0.25) is 0 Å². The van der Waals surface area contributed by atoms with Crippen molar-refractivity contribution in [2.24, 2.45) is 0 Å². The van der Waals surface area contributed by atoms with Crippen molar-refractivity contribution in [3.8, 4) is 0 Å². The van der Waals surface area contributed by atoms with Crippen LogP contribution in [0.3, 0.4) is 0 Å². The number of pyridine rings is 1. The maximum atomic E-state index is 4.24. The average molecular weight is 240 g/mol. The fraction of sp³-hybridized carbons (Fsp3) is 0.312. The summed E-state index contributed by atoms with van der Waals surface area (Å²) >= 11 is 0. The Kier molecular flexibility index (Phi) is 4.11. The molecule has 18 heavy (non-hydrogen) atoms. The summed E-state index contributed by atoms with van der Waals surface area (Å²) in [7, 11) is 2.00. The molecule has 1 atom stereocenters. The van der Waals surface area contributed by atoms with E-state index in [1.807, 2.05) is 19.4 Å². The number of nitrogens with one attached hydrogen (secondary N) is 1. The van der Waals surface area contributed by atoms with Crippen LogP contribution in [-0.2, 0) is 6.42 Å². The van der Waals surface area contributed by atoms with Crippen molar-refractivity contribution < 1.29 is 0 Å². The van der Waals surface area contributed by atoms with Gasteiger partial charge in [0.25, 0.3) is 0 Å². The van der Waals surface area contributed by atoms with Gasteiger partial charge in [-0.3, -0.25) is 4.98 Å². The van der Waals surface area contributed by atoms with Gasteiger partial charge in [0, 0.05) is 12.4 Å². The Labute approximate surface area is 109 Å². The van der Waals surface area contributed by atoms with E-state index < -0.39 is 0 Å². The molecule has 1 aromatic carbocycles. The van der Waals surface area contributed by atoms with Crippen molar-refractivity contribution in [2.75, 3.05) is 7.05 Å². The van der Waals surface area contributed by atoms with E-state index in [0.29, 0.717) is 0 Å². The minimum atomic E-state index is 0.213. The van der Waals surface area contributed by atoms with Crippen LogP contribution in [0, 0.1) is 6.92 Å². The second kappa shape index (κ2) is 5.78. The molecule has 2 rings (SSSR count). The summed E-state index contributed by atoms with van der Waals surface area (Å²) in [6, 6.07) is 11.0. The molecular weight excluding hydrogens is 220 g/mol. The van der Waals surface area contributed by atoms with E-state index in [1.54, 1.807) is 0 Å². The summed E-state index contributed by atoms with van der Waals surface area (Å²) < 4.78 is 0. The van der Waals surface area contributed by atoms with Crippen LogP contribution in [0.4, 0.5) is 0 Å². The highest BCUT2D eigenvalue weighted by atomic mass is 14.9. The first-order chi connectivity index (χ1) is 8.76. The van der Waals surface area contributed by atoms with Crippen molar-refractivity contribution in [1.82, 2.24) is 10.3 Å². The molecule has 0 fully saturated rings. The Morgan fingerprint density at radius 2 is 2.11 bits per heavy atom. The minimum absolute atomic E-state index is 0.213. The molecule has 0 aliphatic heterocycles. The fourth-order valence-electron chi connectivity index (χ4n) is 2.27. The maximum absolute atomic E-state index is 4.24. The second-order valence-electron chi connectivity index (χ2n) is 4.55. The third-order valence-electron chi connectivity index (χ3n) is 3.37. The molecule has 2 nitrogen and oxygen atoms in total. The first kappa shape index (κ1) is 12.8. The molecule has 1 N–H and O–H groups in total. The fourth-order valence-corrected chi connectivity index (χ4v) is 2.27. The van der Waals surface area contributed by atoms with E-state index in [-0.39, 0.29) is 6.04 Å². The van der Waals surface area contributed by atoms with Crippen LogP contribution in [0.1, 0.15) is 35.2 Å². The van der Waals surface area contributed by atoms with E-state index in [1.165, 1.54) is 22.3 Å². The Hall–Kier alpha value is -1.67. The third kappa shape index (κ3) is 2.59. The van der Waals surface area contributed by atoms with E-state index in [9.17, 15) is 0 Å². The lowest BCUT2D eigenvalue weighted by Gasteiger charge is -2.19. The van der Waals surface area contributed by atoms with Crippen LogP contribution < -0.4 is 5.32 Å². The molecule has 0 radical (unpaired) electrons. The van der Waals surface area contributed by atoms with Gasteiger partial charge in [0.15, 0.2) is 0 Å². The highest BCUT2D eigenvalue weighted by Crippen LogP contribution is 2.24. The van der Waals surface area contributed by atoms with E-state index in [4.69, 9.17) is 0 Å². The van der Waals surface area contributed by atoms with Gasteiger partial charge in [-0.1, -0.05) is 31.2 Å². The Morgan fingerprint density at radius 3 is 2.78 bits per heavy atom. The monoisotopic (exact) mass is 240 g/mol. The quantitative estimate of drug-likeness (QED) is 0.887. The molecule has 0 amide bonds. The first-order valence-corrected chi connectivity index (χ1v) is 6.43. The molecule has 0 spiro atoms. The van der Waals surface area contributed by atoms with Crippen molar-refractivity contribution in [1.29, 1.82) is 0 Å². The predicted molar refractivity (Wildman–Crippen MR) is 75.7 cm³/mol. The normalized spacial score (nSPS) is 12.4. The minimum Gasteiger partial charge on any atom is -0.309 e. The molecule has 94 valence electrons. The molecule has 0 bridgehead atoms. The van der Waals surface area contributed by atoms with Gasteiger partial charge >= 0.3 is 0 Å². The molecule has 2 aromatic rings. The van der Waals surface area contributed by atoms with Gasteiger partial charge in [-0.25, -0.2) is 0 Å². The zero-order chi connectivity index (χ0) is 13.0. The molecule has 1 heterocycles. The number of hydrogen-bond donors (Lipinski definition) is 1. The standard InChI is InChI=1S/C16H20N2/c1-4-13-6-5-7-14(10-13)16(17-3)15-11-18-9-8-12(15)2/h5-11,16-17H,4H2,1-3H3. The maximum Gasteiger partial charge on any atom is 0.0592 e. The lowest BCUT2D eigenvalue weighted by Crippen LogP contribution is -2.19. The van der Waals surface area contributed by atoms with Crippen LogP contribution in [-0.4, -0.2) is 12.0 Å². The summed E-state index contributed by atoms with van der Waals surface area (Å²) in [6.45, 7) is 4.31. The number of aromatic nitrogens is 1. The molecule has 0 saturated heterocycles. The highest BCUT2D eigenvalue weighted by Gasteiger charge is 2.14. The third-order valence-corrected chi connectivity index (χ3v) is 3.37. The van der Waals surface area contributed by atoms with E-state index >= 15 is 0 Å². The molecule has 0 aliphatic carbocycles. The van der Waals surface area contributed by atoms with Crippen molar-refractivity contribution in [3.05, 3.63) is 65.0 Å². The zero-order valence-electron chi connectivity index (χ0n) is 11.3. The van der Waals surface area contributed by atoms with Crippen molar-refractivity contribution in [3.63, 3.8) is 0 Å². The number of aryl methyl sites for hydroxylation is 2. The number of hydrogen-bond acceptors (Lipinski definition) is 2. The Bertz CT molecular complexity index is 520. The van der Waals surface area contributed by atoms with Gasteiger partial charge in [0.2, 0.25) is 0 Å². The summed E-state index contributed by atoms with van der Waals surface area (Å²) in [5.74, 6) is 0. The molecule has 1 unspecified atom stereocenters. The lowest BCUT2D eigenvalue weighted by molar-refractivity contribution is 0.683. The molecule has 0 aliphatic rings. The summed E-state index contributed by atoms with van der Waals surface area (Å²) in [5, 5.41) is 3.39. The van der Waals surface area contributed by atoms with Gasteiger partial charge < -0.3 is 5.32 Å². The highest BCUT2D eigenvalue weighted by molar-refractivity contribution is 5.36. The molecule has 1 aromatic heterocycles. The lowest BCUT2D eigenvalue weighted by atomic mass is 9.95. The van der Waals surface area contributed by atoms with Crippen molar-refractivity contribution >= 4 is 0 Å². The van der Waals surface area contributed by atoms with Crippen LogP contribution >= 0.6 is 0 Å². The van der Waals surface area contributed by atoms with Gasteiger partial charge in [-0.2, -0.15) is 0 Å². The average Bonchev–Trinajstić information content (AvgIpc) is 2.42. The number of rotatable bonds is 4. The van der Waals surface area contributed by atoms with Crippen LogP contribution in [0.25, 0.3) is 0 Å². The molecule has 2 heteroatoms. The van der Waals surface area contributed by atoms with E-state index in [2.05, 4.69) is 54.5 Å². The van der Waals surface area contributed by atoms with Gasteiger partial charge in [0.1, 0.15) is 0 Å². The number of benzene rings is 1. The largest absolute Gasteiger partial charge is 0.309 e. The Balaban J connectivity index is 2.42. The van der Waals surface area contributed by atoms with Crippen LogP contribution in [0.15, 0.2) is 42.7 Å². The molecule has 0 saturated carbocycles. The van der Waals surface area contributed by atoms with Crippen molar-refractivity contribution in [2.45, 2.75) is 26.3 Å².